The molecule has 4 atom stereocenters. The van der Waals surface area contributed by atoms with Crippen molar-refractivity contribution in [1.29, 1.82) is 0 Å². The minimum atomic E-state index is -4.45. The lowest BCUT2D eigenvalue weighted by Gasteiger charge is -2.50. The highest BCUT2D eigenvalue weighted by molar-refractivity contribution is 5.58. The Hall–Kier alpha value is -1.83. The molecule has 1 fully saturated rings. The first kappa shape index (κ1) is 19.5. The molecule has 4 rings (SSSR count). The van der Waals surface area contributed by atoms with Gasteiger partial charge in [-0.2, -0.15) is 13.2 Å². The summed E-state index contributed by atoms with van der Waals surface area (Å²) in [5.74, 6) is 0.149. The standard InChI is InChI=1S/C21H24F3NO3/c22-21(23,24)14-6-7-17-16(10-14)19-15(8-9-20(11-26,12-27)28-19)18(25-17)13-4-2-1-3-5-13/h1-4,6-7,10,13,15,18-19,25-27H,5,8-9,11-12H2/t13?,15-,18-,19-/m0/s1. The Morgan fingerprint density at radius 3 is 2.61 bits per heavy atom. The summed E-state index contributed by atoms with van der Waals surface area (Å²) in [6.07, 6.45) is 5.06. The first-order valence-corrected chi connectivity index (χ1v) is 9.57. The zero-order valence-electron chi connectivity index (χ0n) is 15.3. The summed E-state index contributed by atoms with van der Waals surface area (Å²) in [4.78, 5) is 0. The van der Waals surface area contributed by atoms with E-state index in [2.05, 4.69) is 17.5 Å². The lowest BCUT2D eigenvalue weighted by atomic mass is 9.71. The number of allylic oxidation sites excluding steroid dienone is 3. The number of halogens is 3. The monoisotopic (exact) mass is 395 g/mol. The Kier molecular flexibility index (Phi) is 5.02. The molecule has 0 aromatic heterocycles. The second-order valence-electron chi connectivity index (χ2n) is 7.92. The lowest BCUT2D eigenvalue weighted by Crippen LogP contribution is -2.53. The Morgan fingerprint density at radius 1 is 1.18 bits per heavy atom. The van der Waals surface area contributed by atoms with E-state index in [0.717, 1.165) is 18.6 Å². The van der Waals surface area contributed by atoms with E-state index in [1.165, 1.54) is 6.07 Å². The third-order valence-electron chi connectivity index (χ3n) is 6.22. The average Bonchev–Trinajstić information content (AvgIpc) is 2.72. The van der Waals surface area contributed by atoms with E-state index in [4.69, 9.17) is 4.74 Å². The second kappa shape index (κ2) is 7.21. The van der Waals surface area contributed by atoms with E-state index < -0.39 is 23.4 Å². The Morgan fingerprint density at radius 2 is 1.96 bits per heavy atom. The molecule has 28 heavy (non-hydrogen) atoms. The maximum absolute atomic E-state index is 13.3. The predicted molar refractivity (Wildman–Crippen MR) is 98.7 cm³/mol. The molecule has 2 aliphatic heterocycles. The van der Waals surface area contributed by atoms with Crippen molar-refractivity contribution >= 4 is 5.69 Å². The maximum Gasteiger partial charge on any atom is 0.416 e. The van der Waals surface area contributed by atoms with Crippen LogP contribution in [0.1, 0.15) is 36.5 Å². The van der Waals surface area contributed by atoms with E-state index in [9.17, 15) is 23.4 Å². The number of benzene rings is 1. The largest absolute Gasteiger partial charge is 0.416 e. The molecule has 0 saturated carbocycles. The number of hydrogen-bond acceptors (Lipinski definition) is 4. The SMILES string of the molecule is OCC1(CO)CC[C@@H]2[C@H](O1)c1cc(C(F)(F)F)ccc1N[C@H]2C1C=CC=CC1. The number of aliphatic hydroxyl groups excluding tert-OH is 2. The Bertz CT molecular complexity index is 786. The van der Waals surface area contributed by atoms with Gasteiger partial charge in [0, 0.05) is 29.1 Å². The van der Waals surface area contributed by atoms with Gasteiger partial charge < -0.3 is 20.3 Å². The van der Waals surface area contributed by atoms with Crippen molar-refractivity contribution in [2.75, 3.05) is 18.5 Å². The van der Waals surface area contributed by atoms with Gasteiger partial charge in [-0.05, 0) is 37.5 Å². The fraction of sp³-hybridized carbons (Fsp3) is 0.524. The zero-order valence-corrected chi connectivity index (χ0v) is 15.3. The maximum atomic E-state index is 13.3. The molecule has 0 bridgehead atoms. The van der Waals surface area contributed by atoms with Crippen LogP contribution < -0.4 is 5.32 Å². The molecule has 0 radical (unpaired) electrons. The summed E-state index contributed by atoms with van der Waals surface area (Å²) in [5.41, 5.74) is -0.790. The molecule has 4 nitrogen and oxygen atoms in total. The topological polar surface area (TPSA) is 61.7 Å². The molecule has 1 aromatic carbocycles. The summed E-state index contributed by atoms with van der Waals surface area (Å²) in [6, 6.07) is 3.68. The van der Waals surface area contributed by atoms with Crippen LogP contribution in [0.5, 0.6) is 0 Å². The quantitative estimate of drug-likeness (QED) is 0.728. The summed E-state index contributed by atoms with van der Waals surface area (Å²) in [7, 11) is 0. The van der Waals surface area contributed by atoms with Gasteiger partial charge in [-0.1, -0.05) is 24.3 Å². The van der Waals surface area contributed by atoms with Crippen LogP contribution in [-0.4, -0.2) is 35.1 Å². The van der Waals surface area contributed by atoms with Gasteiger partial charge in [-0.15, -0.1) is 0 Å². The molecular weight excluding hydrogens is 371 g/mol. The molecule has 1 aliphatic carbocycles. The van der Waals surface area contributed by atoms with Gasteiger partial charge in [0.2, 0.25) is 0 Å². The fourth-order valence-electron chi connectivity index (χ4n) is 4.62. The number of fused-ring (bicyclic) bond motifs is 3. The summed E-state index contributed by atoms with van der Waals surface area (Å²) in [5, 5.41) is 23.0. The van der Waals surface area contributed by atoms with E-state index in [0.29, 0.717) is 24.1 Å². The molecular formula is C21H24F3NO3. The van der Waals surface area contributed by atoms with Crippen molar-refractivity contribution in [3.63, 3.8) is 0 Å². The van der Waals surface area contributed by atoms with Crippen LogP contribution in [-0.2, 0) is 10.9 Å². The van der Waals surface area contributed by atoms with Crippen molar-refractivity contribution < 1.29 is 28.1 Å². The molecule has 3 N–H and O–H groups in total. The van der Waals surface area contributed by atoms with Crippen LogP contribution in [0.15, 0.2) is 42.5 Å². The van der Waals surface area contributed by atoms with E-state index >= 15 is 0 Å². The van der Waals surface area contributed by atoms with Crippen molar-refractivity contribution in [3.8, 4) is 0 Å². The number of aliphatic hydroxyl groups is 2. The first-order valence-electron chi connectivity index (χ1n) is 9.57. The molecule has 1 aromatic rings. The third-order valence-corrected chi connectivity index (χ3v) is 6.22. The third kappa shape index (κ3) is 3.36. The van der Waals surface area contributed by atoms with E-state index in [1.807, 2.05) is 12.2 Å². The minimum absolute atomic E-state index is 0.00539. The number of rotatable bonds is 3. The molecule has 3 aliphatic rings. The van der Waals surface area contributed by atoms with Crippen LogP contribution in [0.25, 0.3) is 0 Å². The lowest BCUT2D eigenvalue weighted by molar-refractivity contribution is -0.196. The van der Waals surface area contributed by atoms with Gasteiger partial charge in [0.1, 0.15) is 5.60 Å². The molecule has 0 amide bonds. The first-order chi connectivity index (χ1) is 13.4. The normalized spacial score (nSPS) is 31.0. The zero-order chi connectivity index (χ0) is 19.9. The van der Waals surface area contributed by atoms with Crippen LogP contribution >= 0.6 is 0 Å². The van der Waals surface area contributed by atoms with Crippen molar-refractivity contribution in [2.24, 2.45) is 11.8 Å². The molecule has 1 unspecified atom stereocenters. The average molecular weight is 395 g/mol. The smallest absolute Gasteiger partial charge is 0.393 e. The Balaban J connectivity index is 1.75. The van der Waals surface area contributed by atoms with E-state index in [1.54, 1.807) is 0 Å². The summed E-state index contributed by atoms with van der Waals surface area (Å²) in [6.45, 7) is -0.740. The van der Waals surface area contributed by atoms with Gasteiger partial charge in [0.05, 0.1) is 24.9 Å². The molecule has 7 heteroatoms. The number of hydrogen-bond donors (Lipinski definition) is 3. The van der Waals surface area contributed by atoms with Gasteiger partial charge in [0.15, 0.2) is 0 Å². The number of anilines is 1. The Labute approximate surface area is 161 Å². The summed E-state index contributed by atoms with van der Waals surface area (Å²) < 4.78 is 46.0. The van der Waals surface area contributed by atoms with Gasteiger partial charge in [-0.3, -0.25) is 0 Å². The highest BCUT2D eigenvalue weighted by Gasteiger charge is 2.49. The van der Waals surface area contributed by atoms with Gasteiger partial charge >= 0.3 is 6.18 Å². The molecule has 0 spiro atoms. The second-order valence-corrected chi connectivity index (χ2v) is 7.92. The van der Waals surface area contributed by atoms with Crippen molar-refractivity contribution in [1.82, 2.24) is 0 Å². The van der Waals surface area contributed by atoms with Crippen LogP contribution in [0.3, 0.4) is 0 Å². The highest BCUT2D eigenvalue weighted by Crippen LogP contribution is 2.51. The van der Waals surface area contributed by atoms with Crippen LogP contribution in [0.4, 0.5) is 18.9 Å². The fourth-order valence-corrected chi connectivity index (χ4v) is 4.62. The van der Waals surface area contributed by atoms with Gasteiger partial charge in [0.25, 0.3) is 0 Å². The molecule has 2 heterocycles. The molecule has 1 saturated heterocycles. The van der Waals surface area contributed by atoms with Crippen LogP contribution in [0, 0.1) is 11.8 Å². The van der Waals surface area contributed by atoms with Crippen molar-refractivity contribution in [2.45, 2.75) is 43.2 Å². The highest BCUT2D eigenvalue weighted by atomic mass is 19.4. The number of ether oxygens (including phenoxy) is 1. The minimum Gasteiger partial charge on any atom is -0.393 e. The number of nitrogens with one attached hydrogen (secondary N) is 1. The van der Waals surface area contributed by atoms with E-state index in [-0.39, 0.29) is 31.1 Å². The van der Waals surface area contributed by atoms with Crippen LogP contribution in [0.2, 0.25) is 0 Å². The summed E-state index contributed by atoms with van der Waals surface area (Å²) >= 11 is 0. The molecule has 152 valence electrons. The predicted octanol–water partition coefficient (Wildman–Crippen LogP) is 3.82. The van der Waals surface area contributed by atoms with Gasteiger partial charge in [-0.25, -0.2) is 0 Å². The van der Waals surface area contributed by atoms with Crippen molar-refractivity contribution in [3.05, 3.63) is 53.6 Å². The number of alkyl halides is 3.